The summed E-state index contributed by atoms with van der Waals surface area (Å²) in [6.45, 7) is 0. The van der Waals surface area contributed by atoms with E-state index in [4.69, 9.17) is 5.73 Å². The first-order chi connectivity index (χ1) is 11.2. The molecule has 0 amide bonds. The van der Waals surface area contributed by atoms with Gasteiger partial charge in [0.05, 0.1) is 0 Å². The number of nitriles is 2. The lowest BCUT2D eigenvalue weighted by molar-refractivity contribution is 1.21. The van der Waals surface area contributed by atoms with Gasteiger partial charge in [-0.05, 0) is 28.6 Å². The van der Waals surface area contributed by atoms with Crippen molar-refractivity contribution in [1.29, 1.82) is 10.5 Å². The number of hydrogen-bond acceptors (Lipinski definition) is 5. The van der Waals surface area contributed by atoms with Crippen LogP contribution in [0.5, 0.6) is 0 Å². The highest BCUT2D eigenvalue weighted by Crippen LogP contribution is 2.32. The molecule has 0 saturated carbocycles. The van der Waals surface area contributed by atoms with Gasteiger partial charge in [-0.1, -0.05) is 24.3 Å². The van der Waals surface area contributed by atoms with Gasteiger partial charge in [-0.3, -0.25) is 4.79 Å². The van der Waals surface area contributed by atoms with Crippen LogP contribution >= 0.6 is 11.3 Å². The molecular formula is C17H10N4OS. The molecule has 3 rings (SSSR count). The molecule has 6 heteroatoms. The summed E-state index contributed by atoms with van der Waals surface area (Å²) in [5.74, 6) is -0.0342. The van der Waals surface area contributed by atoms with Crippen molar-refractivity contribution in [3.8, 4) is 33.7 Å². The van der Waals surface area contributed by atoms with Gasteiger partial charge in [0.25, 0.3) is 5.56 Å². The lowest BCUT2D eigenvalue weighted by atomic mass is 9.95. The Morgan fingerprint density at radius 2 is 1.78 bits per heavy atom. The van der Waals surface area contributed by atoms with E-state index in [2.05, 4.69) is 4.98 Å². The number of nitrogen functional groups attached to an aromatic ring is 1. The Morgan fingerprint density at radius 1 is 1.04 bits per heavy atom. The Hall–Kier alpha value is -3.35. The zero-order chi connectivity index (χ0) is 16.4. The molecule has 3 N–H and O–H groups in total. The summed E-state index contributed by atoms with van der Waals surface area (Å²) in [4.78, 5) is 15.4. The Morgan fingerprint density at radius 3 is 2.43 bits per heavy atom. The van der Waals surface area contributed by atoms with Crippen LogP contribution in [0, 0.1) is 22.7 Å². The third-order valence-corrected chi connectivity index (χ3v) is 4.34. The largest absolute Gasteiger partial charge is 0.384 e. The summed E-state index contributed by atoms with van der Waals surface area (Å²) in [7, 11) is 0. The minimum absolute atomic E-state index is 0.0342. The second-order valence-electron chi connectivity index (χ2n) is 4.77. The number of rotatable bonds is 2. The molecule has 0 unspecified atom stereocenters. The van der Waals surface area contributed by atoms with E-state index in [-0.39, 0.29) is 22.5 Å². The number of nitrogens with zero attached hydrogens (tertiary/aromatic N) is 2. The van der Waals surface area contributed by atoms with E-state index in [1.807, 2.05) is 47.9 Å². The maximum atomic E-state index is 12.0. The fraction of sp³-hybridized carbons (Fsp3) is 0. The summed E-state index contributed by atoms with van der Waals surface area (Å²) < 4.78 is 0. The molecule has 0 bridgehead atoms. The first-order valence-corrected chi connectivity index (χ1v) is 7.54. The van der Waals surface area contributed by atoms with Crippen molar-refractivity contribution < 1.29 is 0 Å². The third kappa shape index (κ3) is 2.48. The van der Waals surface area contributed by atoms with E-state index < -0.39 is 5.56 Å². The van der Waals surface area contributed by atoms with Crippen LogP contribution in [-0.4, -0.2) is 4.98 Å². The molecule has 0 aliphatic heterocycles. The van der Waals surface area contributed by atoms with Crippen molar-refractivity contribution in [2.75, 3.05) is 5.73 Å². The molecule has 0 aliphatic carbocycles. The third-order valence-electron chi connectivity index (χ3n) is 3.43. The highest BCUT2D eigenvalue weighted by Gasteiger charge is 2.18. The molecule has 2 heterocycles. The lowest BCUT2D eigenvalue weighted by Crippen LogP contribution is -2.16. The Balaban J connectivity index is 2.32. The predicted octanol–water partition coefficient (Wildman–Crippen LogP) is 3.10. The van der Waals surface area contributed by atoms with E-state index in [0.29, 0.717) is 5.56 Å². The van der Waals surface area contributed by atoms with Crippen molar-refractivity contribution in [3.63, 3.8) is 0 Å². The van der Waals surface area contributed by atoms with Crippen molar-refractivity contribution in [3.05, 3.63) is 63.3 Å². The average Bonchev–Trinajstić information content (AvgIpc) is 3.09. The zero-order valence-electron chi connectivity index (χ0n) is 11.8. The molecule has 0 radical (unpaired) electrons. The Kier molecular flexibility index (Phi) is 3.68. The van der Waals surface area contributed by atoms with Crippen LogP contribution < -0.4 is 11.3 Å². The van der Waals surface area contributed by atoms with Crippen LogP contribution in [-0.2, 0) is 0 Å². The number of pyridine rings is 1. The summed E-state index contributed by atoms with van der Waals surface area (Å²) in [5.41, 5.74) is 6.97. The summed E-state index contributed by atoms with van der Waals surface area (Å²) in [6.07, 6.45) is 0. The van der Waals surface area contributed by atoms with Crippen molar-refractivity contribution in [1.82, 2.24) is 4.98 Å². The molecule has 1 aromatic carbocycles. The molecule has 0 saturated heterocycles. The van der Waals surface area contributed by atoms with E-state index in [1.54, 1.807) is 17.4 Å². The average molecular weight is 318 g/mol. The van der Waals surface area contributed by atoms with Gasteiger partial charge >= 0.3 is 0 Å². The molecule has 0 aliphatic rings. The first-order valence-electron chi connectivity index (χ1n) is 6.66. The second kappa shape index (κ2) is 5.80. The summed E-state index contributed by atoms with van der Waals surface area (Å²) in [6, 6.07) is 15.1. The standard InChI is InChI=1S/C17H10N4OS/c18-8-12-15(13(9-19)17(22)21-16(12)20)11-4-1-3-10(7-11)14-5-2-6-23-14/h1-7H,(H3,20,21,22). The monoisotopic (exact) mass is 318 g/mol. The van der Waals surface area contributed by atoms with Gasteiger partial charge in [0, 0.05) is 10.4 Å². The maximum Gasteiger partial charge on any atom is 0.268 e. The molecule has 110 valence electrons. The fourth-order valence-corrected chi connectivity index (χ4v) is 3.13. The van der Waals surface area contributed by atoms with Crippen LogP contribution in [0.2, 0.25) is 0 Å². The molecule has 0 atom stereocenters. The van der Waals surface area contributed by atoms with Crippen LogP contribution in [0.4, 0.5) is 5.82 Å². The smallest absolute Gasteiger partial charge is 0.268 e. The van der Waals surface area contributed by atoms with Gasteiger partial charge in [0.1, 0.15) is 29.1 Å². The number of hydrogen-bond donors (Lipinski definition) is 2. The van der Waals surface area contributed by atoms with E-state index >= 15 is 0 Å². The first kappa shape index (κ1) is 14.6. The Bertz CT molecular complexity index is 1020. The number of nitrogens with one attached hydrogen (secondary N) is 1. The summed E-state index contributed by atoms with van der Waals surface area (Å²) >= 11 is 1.58. The van der Waals surface area contributed by atoms with Gasteiger partial charge in [-0.2, -0.15) is 10.5 Å². The minimum atomic E-state index is -0.597. The minimum Gasteiger partial charge on any atom is -0.384 e. The number of H-pyrrole nitrogens is 1. The quantitative estimate of drug-likeness (QED) is 0.757. The van der Waals surface area contributed by atoms with Gasteiger partial charge in [0.2, 0.25) is 0 Å². The van der Waals surface area contributed by atoms with Crippen molar-refractivity contribution in [2.45, 2.75) is 0 Å². The van der Waals surface area contributed by atoms with E-state index in [9.17, 15) is 15.3 Å². The predicted molar refractivity (Wildman–Crippen MR) is 89.7 cm³/mol. The number of nitrogens with two attached hydrogens (primary N) is 1. The normalized spacial score (nSPS) is 10.0. The van der Waals surface area contributed by atoms with Crippen molar-refractivity contribution >= 4 is 17.2 Å². The molecule has 2 aromatic heterocycles. The number of aromatic nitrogens is 1. The second-order valence-corrected chi connectivity index (χ2v) is 5.72. The van der Waals surface area contributed by atoms with Crippen LogP contribution in [0.3, 0.4) is 0 Å². The van der Waals surface area contributed by atoms with Crippen molar-refractivity contribution in [2.24, 2.45) is 0 Å². The van der Waals surface area contributed by atoms with E-state index in [0.717, 1.165) is 10.4 Å². The topological polar surface area (TPSA) is 106 Å². The Labute approximate surface area is 135 Å². The number of thiophene rings is 1. The van der Waals surface area contributed by atoms with Gasteiger partial charge < -0.3 is 10.7 Å². The molecule has 0 fully saturated rings. The maximum absolute atomic E-state index is 12.0. The fourth-order valence-electron chi connectivity index (χ4n) is 2.40. The number of anilines is 1. The van der Waals surface area contributed by atoms with Gasteiger partial charge in [-0.25, -0.2) is 0 Å². The highest BCUT2D eigenvalue weighted by molar-refractivity contribution is 7.13. The zero-order valence-corrected chi connectivity index (χ0v) is 12.6. The van der Waals surface area contributed by atoms with Gasteiger partial charge in [-0.15, -0.1) is 11.3 Å². The van der Waals surface area contributed by atoms with Crippen LogP contribution in [0.15, 0.2) is 46.6 Å². The van der Waals surface area contributed by atoms with Crippen LogP contribution in [0.25, 0.3) is 21.6 Å². The molecule has 23 heavy (non-hydrogen) atoms. The SMILES string of the molecule is N#Cc1c(N)[nH]c(=O)c(C#N)c1-c1cccc(-c2cccs2)c1. The van der Waals surface area contributed by atoms with Crippen LogP contribution in [0.1, 0.15) is 11.1 Å². The number of aromatic amines is 1. The molecular weight excluding hydrogens is 308 g/mol. The highest BCUT2D eigenvalue weighted by atomic mass is 32.1. The molecule has 0 spiro atoms. The van der Waals surface area contributed by atoms with E-state index in [1.165, 1.54) is 0 Å². The summed E-state index contributed by atoms with van der Waals surface area (Å²) in [5, 5.41) is 20.6. The molecule has 5 nitrogen and oxygen atoms in total. The molecule has 3 aromatic rings. The van der Waals surface area contributed by atoms with Gasteiger partial charge in [0.15, 0.2) is 0 Å². The lowest BCUT2D eigenvalue weighted by Gasteiger charge is -2.10. The number of benzene rings is 1.